The molecule has 0 radical (unpaired) electrons. The molecule has 0 spiro atoms. The van der Waals surface area contributed by atoms with E-state index in [1.165, 1.54) is 10.8 Å². The fourth-order valence-corrected chi connectivity index (χ4v) is 1.97. The molecule has 0 N–H and O–H groups in total. The number of aromatic nitrogens is 2. The smallest absolute Gasteiger partial charge is 0.329 e. The van der Waals surface area contributed by atoms with Gasteiger partial charge in [0, 0.05) is 0 Å². The van der Waals surface area contributed by atoms with Crippen LogP contribution in [0.25, 0.3) is 11.0 Å². The maximum Gasteiger partial charge on any atom is 0.329 e. The van der Waals surface area contributed by atoms with Crippen molar-refractivity contribution in [2.45, 2.75) is 39.3 Å². The van der Waals surface area contributed by atoms with Crippen molar-refractivity contribution in [2.24, 2.45) is 0 Å². The number of fused-ring (bicyclic) bond motifs is 1. The molecule has 1 aromatic heterocycles. The number of para-hydroxylation sites is 2. The van der Waals surface area contributed by atoms with Crippen molar-refractivity contribution in [2.75, 3.05) is 0 Å². The van der Waals surface area contributed by atoms with Crippen LogP contribution in [0.15, 0.2) is 35.3 Å². The summed E-state index contributed by atoms with van der Waals surface area (Å²) >= 11 is 0. The first-order chi connectivity index (χ1) is 9.29. The van der Waals surface area contributed by atoms with Gasteiger partial charge in [0.2, 0.25) is 0 Å². The molecule has 0 aliphatic heterocycles. The third-order valence-electron chi connectivity index (χ3n) is 2.83. The maximum atomic E-state index is 12.2. The highest BCUT2D eigenvalue weighted by molar-refractivity contribution is 5.79. The van der Waals surface area contributed by atoms with Gasteiger partial charge in [0.05, 0.1) is 17.2 Å². The van der Waals surface area contributed by atoms with Crippen LogP contribution in [0.4, 0.5) is 0 Å². The average molecular weight is 274 g/mol. The molecule has 5 heteroatoms. The van der Waals surface area contributed by atoms with Gasteiger partial charge in [-0.25, -0.2) is 9.78 Å². The number of hydrogen-bond donors (Lipinski definition) is 0. The summed E-state index contributed by atoms with van der Waals surface area (Å²) in [6.07, 6.45) is 1.23. The second-order valence-electron chi connectivity index (χ2n) is 5.66. The standard InChI is InChI=1S/C15H18N2O3/c1-10(14(19)20-15(2,3)4)17-12-8-6-5-7-11(12)16-9-13(17)18/h5-10H,1-4H3. The first kappa shape index (κ1) is 14.2. The van der Waals surface area contributed by atoms with Crippen molar-refractivity contribution in [1.29, 1.82) is 0 Å². The van der Waals surface area contributed by atoms with Crippen LogP contribution >= 0.6 is 0 Å². The number of carbonyl (C=O) groups is 1. The molecule has 2 rings (SSSR count). The van der Waals surface area contributed by atoms with Gasteiger partial charge in [-0.2, -0.15) is 0 Å². The topological polar surface area (TPSA) is 61.2 Å². The van der Waals surface area contributed by atoms with E-state index in [1.807, 2.05) is 12.1 Å². The van der Waals surface area contributed by atoms with Gasteiger partial charge in [-0.05, 0) is 39.8 Å². The van der Waals surface area contributed by atoms with E-state index in [2.05, 4.69) is 4.98 Å². The molecule has 1 aromatic carbocycles. The number of ether oxygens (including phenoxy) is 1. The van der Waals surface area contributed by atoms with E-state index in [1.54, 1.807) is 39.8 Å². The first-order valence-electron chi connectivity index (χ1n) is 6.49. The lowest BCUT2D eigenvalue weighted by Gasteiger charge is -2.23. The largest absolute Gasteiger partial charge is 0.458 e. The molecular formula is C15H18N2O3. The van der Waals surface area contributed by atoms with Crippen LogP contribution in [0.5, 0.6) is 0 Å². The summed E-state index contributed by atoms with van der Waals surface area (Å²) in [6, 6.07) is 6.51. The van der Waals surface area contributed by atoms with E-state index < -0.39 is 17.6 Å². The third-order valence-corrected chi connectivity index (χ3v) is 2.83. The van der Waals surface area contributed by atoms with Crippen LogP contribution in [0, 0.1) is 0 Å². The molecule has 1 atom stereocenters. The van der Waals surface area contributed by atoms with Gasteiger partial charge in [0.15, 0.2) is 0 Å². The van der Waals surface area contributed by atoms with Crippen LogP contribution in [0.3, 0.4) is 0 Å². The van der Waals surface area contributed by atoms with Crippen LogP contribution < -0.4 is 5.56 Å². The Balaban J connectivity index is 2.49. The van der Waals surface area contributed by atoms with Crippen molar-refractivity contribution < 1.29 is 9.53 Å². The van der Waals surface area contributed by atoms with Crippen LogP contribution in [-0.4, -0.2) is 21.1 Å². The quantitative estimate of drug-likeness (QED) is 0.788. The van der Waals surface area contributed by atoms with Gasteiger partial charge in [-0.3, -0.25) is 9.36 Å². The summed E-state index contributed by atoms with van der Waals surface area (Å²) in [5.41, 5.74) is 0.389. The third kappa shape index (κ3) is 2.87. The molecule has 2 aromatic rings. The van der Waals surface area contributed by atoms with Gasteiger partial charge >= 0.3 is 5.97 Å². The molecule has 20 heavy (non-hydrogen) atoms. The van der Waals surface area contributed by atoms with E-state index in [4.69, 9.17) is 4.74 Å². The normalized spacial score (nSPS) is 13.2. The van der Waals surface area contributed by atoms with Crippen LogP contribution in [-0.2, 0) is 9.53 Å². The van der Waals surface area contributed by atoms with E-state index in [0.29, 0.717) is 11.0 Å². The number of rotatable bonds is 2. The summed E-state index contributed by atoms with van der Waals surface area (Å²) in [5, 5.41) is 0. The highest BCUT2D eigenvalue weighted by Crippen LogP contribution is 2.17. The number of esters is 1. The van der Waals surface area contributed by atoms with Gasteiger partial charge < -0.3 is 4.74 Å². The fourth-order valence-electron chi connectivity index (χ4n) is 1.97. The summed E-state index contributed by atoms with van der Waals surface area (Å²) < 4.78 is 6.75. The molecule has 0 saturated carbocycles. The molecule has 0 saturated heterocycles. The molecule has 0 fully saturated rings. The van der Waals surface area contributed by atoms with Gasteiger partial charge in [0.25, 0.3) is 5.56 Å². The number of carbonyl (C=O) groups excluding carboxylic acids is 1. The minimum Gasteiger partial charge on any atom is -0.458 e. The SMILES string of the molecule is CC(C(=O)OC(C)(C)C)n1c(=O)cnc2ccccc21. The molecule has 106 valence electrons. The zero-order chi connectivity index (χ0) is 14.9. The van der Waals surface area contributed by atoms with Crippen molar-refractivity contribution in [1.82, 2.24) is 9.55 Å². The fraction of sp³-hybridized carbons (Fsp3) is 0.400. The van der Waals surface area contributed by atoms with Crippen molar-refractivity contribution >= 4 is 17.0 Å². The highest BCUT2D eigenvalue weighted by Gasteiger charge is 2.24. The Hall–Kier alpha value is -2.17. The molecule has 0 amide bonds. The monoisotopic (exact) mass is 274 g/mol. The molecule has 1 heterocycles. The molecular weight excluding hydrogens is 256 g/mol. The zero-order valence-electron chi connectivity index (χ0n) is 12.1. The second kappa shape index (κ2) is 5.07. The molecule has 0 aliphatic rings. The number of benzene rings is 1. The Morgan fingerprint density at radius 2 is 1.95 bits per heavy atom. The lowest BCUT2D eigenvalue weighted by atomic mass is 10.2. The predicted molar refractivity (Wildman–Crippen MR) is 76.6 cm³/mol. The van der Waals surface area contributed by atoms with E-state index >= 15 is 0 Å². The summed E-state index contributed by atoms with van der Waals surface area (Å²) in [7, 11) is 0. The van der Waals surface area contributed by atoms with Gasteiger partial charge in [-0.1, -0.05) is 12.1 Å². The highest BCUT2D eigenvalue weighted by atomic mass is 16.6. The average Bonchev–Trinajstić information content (AvgIpc) is 2.36. The maximum absolute atomic E-state index is 12.2. The van der Waals surface area contributed by atoms with E-state index in [-0.39, 0.29) is 5.56 Å². The molecule has 1 unspecified atom stereocenters. The summed E-state index contributed by atoms with van der Waals surface area (Å²) in [6.45, 7) is 7.04. The number of hydrogen-bond acceptors (Lipinski definition) is 4. The lowest BCUT2D eigenvalue weighted by molar-refractivity contribution is -0.158. The Morgan fingerprint density at radius 1 is 1.30 bits per heavy atom. The Morgan fingerprint density at radius 3 is 2.60 bits per heavy atom. The Labute approximate surface area is 117 Å². The Bertz CT molecular complexity index is 698. The Kier molecular flexibility index (Phi) is 3.61. The second-order valence-corrected chi connectivity index (χ2v) is 5.66. The van der Waals surface area contributed by atoms with Gasteiger partial charge in [-0.15, -0.1) is 0 Å². The van der Waals surface area contributed by atoms with Gasteiger partial charge in [0.1, 0.15) is 11.6 Å². The summed E-state index contributed by atoms with van der Waals surface area (Å²) in [5.74, 6) is -0.434. The minimum absolute atomic E-state index is 0.318. The molecule has 0 aliphatic carbocycles. The predicted octanol–water partition coefficient (Wildman–Crippen LogP) is 2.30. The summed E-state index contributed by atoms with van der Waals surface area (Å²) in [4.78, 5) is 28.3. The molecule has 0 bridgehead atoms. The van der Waals surface area contributed by atoms with E-state index in [0.717, 1.165) is 0 Å². The van der Waals surface area contributed by atoms with E-state index in [9.17, 15) is 9.59 Å². The first-order valence-corrected chi connectivity index (χ1v) is 6.49. The lowest BCUT2D eigenvalue weighted by Crippen LogP contribution is -2.33. The minimum atomic E-state index is -0.699. The van der Waals surface area contributed by atoms with Crippen molar-refractivity contribution in [3.05, 3.63) is 40.8 Å². The van der Waals surface area contributed by atoms with Crippen molar-refractivity contribution in [3.63, 3.8) is 0 Å². The van der Waals surface area contributed by atoms with Crippen LogP contribution in [0.1, 0.15) is 33.7 Å². The zero-order valence-corrected chi connectivity index (χ0v) is 12.1. The molecule has 5 nitrogen and oxygen atoms in total. The number of nitrogens with zero attached hydrogens (tertiary/aromatic N) is 2. The van der Waals surface area contributed by atoms with Crippen molar-refractivity contribution in [3.8, 4) is 0 Å². The van der Waals surface area contributed by atoms with Crippen LogP contribution in [0.2, 0.25) is 0 Å².